The highest BCUT2D eigenvalue weighted by Gasteiger charge is 2.05. The number of rotatable bonds is 8. The fourth-order valence-electron chi connectivity index (χ4n) is 2.14. The number of halogens is 1. The Morgan fingerprint density at radius 2 is 1.92 bits per heavy atom. The molecule has 0 saturated carbocycles. The summed E-state index contributed by atoms with van der Waals surface area (Å²) in [5.74, 6) is -0.621. The quantitative estimate of drug-likeness (QED) is 0.583. The minimum absolute atomic E-state index is 0.299. The van der Waals surface area contributed by atoms with Crippen LogP contribution in [0.3, 0.4) is 0 Å². The third-order valence-electron chi connectivity index (χ3n) is 3.50. The first-order chi connectivity index (χ1) is 12.6. The van der Waals surface area contributed by atoms with E-state index < -0.39 is 11.9 Å². The molecule has 0 fully saturated rings. The lowest BCUT2D eigenvalue weighted by Gasteiger charge is -2.05. The molecule has 0 atom stereocenters. The van der Waals surface area contributed by atoms with E-state index >= 15 is 0 Å². The minimum atomic E-state index is -0.610. The zero-order chi connectivity index (χ0) is 18.8. The van der Waals surface area contributed by atoms with Crippen LogP contribution >= 0.6 is 0 Å². The second kappa shape index (κ2) is 9.98. The van der Waals surface area contributed by atoms with Gasteiger partial charge in [0.25, 0.3) is 5.91 Å². The van der Waals surface area contributed by atoms with Crippen LogP contribution in [0.5, 0.6) is 5.75 Å². The van der Waals surface area contributed by atoms with Crippen molar-refractivity contribution in [1.29, 1.82) is 0 Å². The maximum absolute atomic E-state index is 12.8. The Morgan fingerprint density at radius 3 is 2.65 bits per heavy atom. The van der Waals surface area contributed by atoms with Gasteiger partial charge in [-0.2, -0.15) is 0 Å². The first-order valence-electron chi connectivity index (χ1n) is 8.07. The van der Waals surface area contributed by atoms with Crippen LogP contribution < -0.4 is 10.1 Å². The van der Waals surface area contributed by atoms with Gasteiger partial charge in [-0.15, -0.1) is 0 Å². The highest BCUT2D eigenvalue weighted by Crippen LogP contribution is 2.13. The molecule has 0 saturated heterocycles. The summed E-state index contributed by atoms with van der Waals surface area (Å²) in [6.45, 7) is 0.0202. The largest absolute Gasteiger partial charge is 0.497 e. The topological polar surface area (TPSA) is 64.6 Å². The number of carbonyl (C=O) groups is 2. The van der Waals surface area contributed by atoms with E-state index in [1.165, 1.54) is 18.2 Å². The predicted molar refractivity (Wildman–Crippen MR) is 96.1 cm³/mol. The van der Waals surface area contributed by atoms with E-state index in [4.69, 9.17) is 9.47 Å². The standard InChI is InChI=1S/C20H20FNO4/c1-25-18-4-2-3-16(13-18)7-10-20(24)26-14-19(23)22-12-11-15-5-8-17(21)9-6-15/h2-10,13H,11-12,14H2,1H3,(H,22,23)/b10-7+. The number of benzene rings is 2. The number of carbonyl (C=O) groups excluding carboxylic acids is 2. The normalized spacial score (nSPS) is 10.5. The van der Waals surface area contributed by atoms with E-state index in [0.29, 0.717) is 18.7 Å². The molecule has 2 aromatic rings. The van der Waals surface area contributed by atoms with Gasteiger partial charge in [-0.3, -0.25) is 4.79 Å². The Labute approximate surface area is 151 Å². The first kappa shape index (κ1) is 19.2. The van der Waals surface area contributed by atoms with Crippen LogP contribution in [0.4, 0.5) is 4.39 Å². The Balaban J connectivity index is 1.68. The fraction of sp³-hybridized carbons (Fsp3) is 0.200. The number of esters is 1. The number of hydrogen-bond donors (Lipinski definition) is 1. The number of ether oxygens (including phenoxy) is 2. The van der Waals surface area contributed by atoms with Crippen molar-refractivity contribution in [1.82, 2.24) is 5.32 Å². The molecule has 6 heteroatoms. The maximum Gasteiger partial charge on any atom is 0.331 e. The Morgan fingerprint density at radius 1 is 1.15 bits per heavy atom. The van der Waals surface area contributed by atoms with Crippen LogP contribution in [0.15, 0.2) is 54.6 Å². The van der Waals surface area contributed by atoms with Crippen LogP contribution in [0.2, 0.25) is 0 Å². The van der Waals surface area contributed by atoms with Gasteiger partial charge in [0.2, 0.25) is 0 Å². The lowest BCUT2D eigenvalue weighted by molar-refractivity contribution is -0.143. The van der Waals surface area contributed by atoms with E-state index in [2.05, 4.69) is 5.32 Å². The molecular formula is C20H20FNO4. The van der Waals surface area contributed by atoms with Crippen LogP contribution in [-0.4, -0.2) is 32.1 Å². The van der Waals surface area contributed by atoms with Gasteiger partial charge >= 0.3 is 5.97 Å². The monoisotopic (exact) mass is 357 g/mol. The average Bonchev–Trinajstić information content (AvgIpc) is 2.66. The molecule has 0 heterocycles. The van der Waals surface area contributed by atoms with Gasteiger partial charge in [0.05, 0.1) is 7.11 Å². The van der Waals surface area contributed by atoms with Crippen LogP contribution in [0, 0.1) is 5.82 Å². The fourth-order valence-corrected chi connectivity index (χ4v) is 2.14. The minimum Gasteiger partial charge on any atom is -0.497 e. The first-order valence-corrected chi connectivity index (χ1v) is 8.07. The second-order valence-electron chi connectivity index (χ2n) is 5.44. The van der Waals surface area contributed by atoms with E-state index in [0.717, 1.165) is 11.1 Å². The lowest BCUT2D eigenvalue weighted by Crippen LogP contribution is -2.30. The summed E-state index contributed by atoms with van der Waals surface area (Å²) < 4.78 is 22.8. The van der Waals surface area contributed by atoms with Crippen molar-refractivity contribution < 1.29 is 23.5 Å². The zero-order valence-electron chi connectivity index (χ0n) is 14.4. The van der Waals surface area contributed by atoms with E-state index in [1.807, 2.05) is 6.07 Å². The van der Waals surface area contributed by atoms with Gasteiger partial charge in [0, 0.05) is 12.6 Å². The summed E-state index contributed by atoms with van der Waals surface area (Å²) in [5, 5.41) is 2.64. The molecule has 2 aromatic carbocycles. The molecule has 26 heavy (non-hydrogen) atoms. The molecule has 1 N–H and O–H groups in total. The average molecular weight is 357 g/mol. The molecule has 2 rings (SSSR count). The summed E-state index contributed by atoms with van der Waals surface area (Å²) >= 11 is 0. The molecule has 0 spiro atoms. The zero-order valence-corrected chi connectivity index (χ0v) is 14.4. The van der Waals surface area contributed by atoms with Gasteiger partial charge < -0.3 is 14.8 Å². The highest BCUT2D eigenvalue weighted by molar-refractivity contribution is 5.89. The van der Waals surface area contributed by atoms with Crippen molar-refractivity contribution in [2.24, 2.45) is 0 Å². The third kappa shape index (κ3) is 6.76. The van der Waals surface area contributed by atoms with Crippen molar-refractivity contribution in [3.05, 3.63) is 71.6 Å². The van der Waals surface area contributed by atoms with Gasteiger partial charge in [0.1, 0.15) is 11.6 Å². The van der Waals surface area contributed by atoms with Gasteiger partial charge in [-0.05, 0) is 47.9 Å². The number of methoxy groups -OCH3 is 1. The molecule has 0 unspecified atom stereocenters. The molecule has 0 aliphatic heterocycles. The molecule has 0 aromatic heterocycles. The summed E-state index contributed by atoms with van der Waals surface area (Å²) in [6.07, 6.45) is 3.40. The van der Waals surface area contributed by atoms with E-state index in [1.54, 1.807) is 43.5 Å². The van der Waals surface area contributed by atoms with E-state index in [-0.39, 0.29) is 12.4 Å². The van der Waals surface area contributed by atoms with E-state index in [9.17, 15) is 14.0 Å². The van der Waals surface area contributed by atoms with Gasteiger partial charge in [-0.1, -0.05) is 24.3 Å². The molecule has 0 bridgehead atoms. The Kier molecular flexibility index (Phi) is 7.36. The van der Waals surface area contributed by atoms with Crippen molar-refractivity contribution in [2.75, 3.05) is 20.3 Å². The summed E-state index contributed by atoms with van der Waals surface area (Å²) in [6, 6.07) is 13.2. The smallest absolute Gasteiger partial charge is 0.331 e. The van der Waals surface area contributed by atoms with Crippen molar-refractivity contribution in [3.63, 3.8) is 0 Å². The molecule has 1 amide bonds. The van der Waals surface area contributed by atoms with Gasteiger partial charge in [-0.25, -0.2) is 9.18 Å². The third-order valence-corrected chi connectivity index (χ3v) is 3.50. The number of hydrogen-bond acceptors (Lipinski definition) is 4. The van der Waals surface area contributed by atoms with Crippen molar-refractivity contribution in [3.8, 4) is 5.75 Å². The Bertz CT molecular complexity index is 772. The molecule has 0 aliphatic carbocycles. The van der Waals surface area contributed by atoms with Crippen LogP contribution in [-0.2, 0) is 20.7 Å². The second-order valence-corrected chi connectivity index (χ2v) is 5.44. The maximum atomic E-state index is 12.8. The summed E-state index contributed by atoms with van der Waals surface area (Å²) in [5.41, 5.74) is 1.69. The molecular weight excluding hydrogens is 337 g/mol. The Hall–Kier alpha value is -3.15. The van der Waals surface area contributed by atoms with Crippen molar-refractivity contribution >= 4 is 18.0 Å². The highest BCUT2D eigenvalue weighted by atomic mass is 19.1. The molecule has 0 aliphatic rings. The number of nitrogens with one attached hydrogen (secondary N) is 1. The van der Waals surface area contributed by atoms with Crippen molar-refractivity contribution in [2.45, 2.75) is 6.42 Å². The van der Waals surface area contributed by atoms with Gasteiger partial charge in [0.15, 0.2) is 6.61 Å². The SMILES string of the molecule is COc1cccc(/C=C/C(=O)OCC(=O)NCCc2ccc(F)cc2)c1. The summed E-state index contributed by atoms with van der Waals surface area (Å²) in [7, 11) is 1.56. The predicted octanol–water partition coefficient (Wildman–Crippen LogP) is 2.75. The van der Waals surface area contributed by atoms with Crippen LogP contribution in [0.25, 0.3) is 6.08 Å². The lowest BCUT2D eigenvalue weighted by atomic mass is 10.1. The van der Waals surface area contributed by atoms with Crippen LogP contribution in [0.1, 0.15) is 11.1 Å². The molecule has 5 nitrogen and oxygen atoms in total. The molecule has 0 radical (unpaired) electrons. The molecule has 136 valence electrons. The number of amides is 1. The summed E-state index contributed by atoms with van der Waals surface area (Å²) in [4.78, 5) is 23.3.